The lowest BCUT2D eigenvalue weighted by Gasteiger charge is -2.31. The Labute approximate surface area is 181 Å². The van der Waals surface area contributed by atoms with Gasteiger partial charge < -0.3 is 5.32 Å². The van der Waals surface area contributed by atoms with E-state index in [4.69, 9.17) is 0 Å². The fraction of sp³-hybridized carbons (Fsp3) is 0.350. The van der Waals surface area contributed by atoms with Gasteiger partial charge in [-0.2, -0.15) is 4.31 Å². The van der Waals surface area contributed by atoms with Crippen LogP contribution in [0.3, 0.4) is 0 Å². The van der Waals surface area contributed by atoms with E-state index in [9.17, 15) is 26.0 Å². The van der Waals surface area contributed by atoms with E-state index in [0.29, 0.717) is 24.2 Å². The van der Waals surface area contributed by atoms with Crippen LogP contribution in [-0.2, 0) is 24.8 Å². The van der Waals surface area contributed by atoms with Crippen molar-refractivity contribution in [2.24, 2.45) is 5.92 Å². The summed E-state index contributed by atoms with van der Waals surface area (Å²) in [6.45, 7) is 0.284. The molecule has 1 fully saturated rings. The van der Waals surface area contributed by atoms with Gasteiger partial charge in [-0.05, 0) is 55.3 Å². The first-order valence-corrected chi connectivity index (χ1v) is 12.9. The van der Waals surface area contributed by atoms with E-state index in [1.165, 1.54) is 29.6 Å². The Morgan fingerprint density at radius 1 is 1.13 bits per heavy atom. The fourth-order valence-corrected chi connectivity index (χ4v) is 5.37. The van der Waals surface area contributed by atoms with Gasteiger partial charge in [-0.1, -0.05) is 6.07 Å². The smallest absolute Gasteiger partial charge is 0.243 e. The van der Waals surface area contributed by atoms with Crippen molar-refractivity contribution in [2.75, 3.05) is 36.0 Å². The molecule has 1 atom stereocenters. The van der Waals surface area contributed by atoms with Gasteiger partial charge in [-0.3, -0.25) is 9.10 Å². The number of anilines is 2. The maximum absolute atomic E-state index is 13.1. The van der Waals surface area contributed by atoms with Crippen molar-refractivity contribution < 1.29 is 26.0 Å². The third-order valence-electron chi connectivity index (χ3n) is 5.18. The predicted octanol–water partition coefficient (Wildman–Crippen LogP) is 2.26. The zero-order valence-corrected chi connectivity index (χ0v) is 18.8. The number of sulfonamides is 2. The third kappa shape index (κ3) is 5.41. The molecule has 3 rings (SSSR count). The lowest BCUT2D eigenvalue weighted by atomic mass is 9.98. The molecule has 1 aliphatic heterocycles. The van der Waals surface area contributed by atoms with E-state index < -0.39 is 31.8 Å². The maximum atomic E-state index is 13.1. The number of rotatable bonds is 6. The monoisotopic (exact) mass is 469 g/mol. The number of nitrogens with one attached hydrogen (secondary N) is 1. The molecule has 1 saturated heterocycles. The van der Waals surface area contributed by atoms with Crippen LogP contribution in [0.1, 0.15) is 12.8 Å². The third-order valence-corrected chi connectivity index (χ3v) is 8.27. The first-order valence-electron chi connectivity index (χ1n) is 9.59. The summed E-state index contributed by atoms with van der Waals surface area (Å²) in [4.78, 5) is 12.8. The summed E-state index contributed by atoms with van der Waals surface area (Å²) in [6.07, 6.45) is 2.11. The van der Waals surface area contributed by atoms with Gasteiger partial charge in [0.2, 0.25) is 26.0 Å². The van der Waals surface area contributed by atoms with Gasteiger partial charge in [0, 0.05) is 25.8 Å². The van der Waals surface area contributed by atoms with Crippen LogP contribution in [-0.4, -0.2) is 53.4 Å². The lowest BCUT2D eigenvalue weighted by molar-refractivity contribution is -0.120. The molecule has 8 nitrogen and oxygen atoms in total. The SMILES string of the molecule is CN(c1cccc(NC(=O)[C@@H]2CCCN(S(=O)(=O)c3ccc(F)cc3)C2)c1)S(C)(=O)=O. The molecule has 31 heavy (non-hydrogen) atoms. The van der Waals surface area contributed by atoms with Crippen LogP contribution in [0.2, 0.25) is 0 Å². The van der Waals surface area contributed by atoms with Crippen LogP contribution in [0.25, 0.3) is 0 Å². The molecule has 0 unspecified atom stereocenters. The molecule has 0 aliphatic carbocycles. The second-order valence-electron chi connectivity index (χ2n) is 7.43. The highest BCUT2D eigenvalue weighted by atomic mass is 32.2. The Kier molecular flexibility index (Phi) is 6.68. The van der Waals surface area contributed by atoms with Gasteiger partial charge in [-0.25, -0.2) is 21.2 Å². The summed E-state index contributed by atoms with van der Waals surface area (Å²) in [5.41, 5.74) is 0.806. The molecule has 1 amide bonds. The number of carbonyl (C=O) groups is 1. The molecule has 168 valence electrons. The minimum atomic E-state index is -3.84. The highest BCUT2D eigenvalue weighted by molar-refractivity contribution is 7.92. The number of hydrogen-bond donors (Lipinski definition) is 1. The number of benzene rings is 2. The number of halogens is 1. The molecule has 1 aliphatic rings. The van der Waals surface area contributed by atoms with Gasteiger partial charge in [0.25, 0.3) is 0 Å². The molecule has 1 heterocycles. The second kappa shape index (κ2) is 8.93. The van der Waals surface area contributed by atoms with Gasteiger partial charge in [0.05, 0.1) is 22.8 Å². The molecule has 0 aromatic heterocycles. The maximum Gasteiger partial charge on any atom is 0.243 e. The van der Waals surface area contributed by atoms with E-state index in [2.05, 4.69) is 5.32 Å². The average molecular weight is 470 g/mol. The number of carbonyl (C=O) groups excluding carboxylic acids is 1. The molecule has 2 aromatic carbocycles. The molecule has 0 saturated carbocycles. The summed E-state index contributed by atoms with van der Waals surface area (Å²) < 4.78 is 64.6. The molecular weight excluding hydrogens is 445 g/mol. The normalized spacial score (nSPS) is 17.8. The van der Waals surface area contributed by atoms with Gasteiger partial charge in [-0.15, -0.1) is 0 Å². The Balaban J connectivity index is 1.72. The van der Waals surface area contributed by atoms with Crippen molar-refractivity contribution in [3.63, 3.8) is 0 Å². The molecule has 2 aromatic rings. The molecule has 11 heteroatoms. The van der Waals surface area contributed by atoms with Crippen molar-refractivity contribution >= 4 is 37.3 Å². The Morgan fingerprint density at radius 3 is 2.45 bits per heavy atom. The van der Waals surface area contributed by atoms with Crippen molar-refractivity contribution in [2.45, 2.75) is 17.7 Å². The van der Waals surface area contributed by atoms with Crippen molar-refractivity contribution in [1.29, 1.82) is 0 Å². The standard InChI is InChI=1S/C20H24FN3O5S2/c1-23(30(2,26)27)18-7-3-6-17(13-18)22-20(25)15-5-4-12-24(14-15)31(28,29)19-10-8-16(21)9-11-19/h3,6-11,13,15H,4-5,12,14H2,1-2H3,(H,22,25)/t15-/m1/s1. The van der Waals surface area contributed by atoms with E-state index in [1.54, 1.807) is 18.2 Å². The van der Waals surface area contributed by atoms with E-state index in [1.807, 2.05) is 0 Å². The topological polar surface area (TPSA) is 104 Å². The zero-order chi connectivity index (χ0) is 22.8. The first kappa shape index (κ1) is 23.2. The van der Waals surface area contributed by atoms with Crippen LogP contribution in [0.4, 0.5) is 15.8 Å². The zero-order valence-electron chi connectivity index (χ0n) is 17.2. The summed E-state index contributed by atoms with van der Waals surface area (Å²) in [7, 11) is -5.88. The summed E-state index contributed by atoms with van der Waals surface area (Å²) in [6, 6.07) is 11.0. The minimum Gasteiger partial charge on any atom is -0.326 e. The van der Waals surface area contributed by atoms with Gasteiger partial charge >= 0.3 is 0 Å². The predicted molar refractivity (Wildman–Crippen MR) is 116 cm³/mol. The van der Waals surface area contributed by atoms with Crippen molar-refractivity contribution in [3.05, 3.63) is 54.3 Å². The van der Waals surface area contributed by atoms with Crippen molar-refractivity contribution in [1.82, 2.24) is 4.31 Å². The Hall–Kier alpha value is -2.50. The van der Waals surface area contributed by atoms with Crippen LogP contribution < -0.4 is 9.62 Å². The van der Waals surface area contributed by atoms with Crippen LogP contribution >= 0.6 is 0 Å². The van der Waals surface area contributed by atoms with Crippen molar-refractivity contribution in [3.8, 4) is 0 Å². The summed E-state index contributed by atoms with van der Waals surface area (Å²) in [5, 5.41) is 2.75. The van der Waals surface area contributed by atoms with E-state index in [-0.39, 0.29) is 23.9 Å². The molecule has 0 bridgehead atoms. The Bertz CT molecular complexity index is 1170. The van der Waals surface area contributed by atoms with Crippen LogP contribution in [0.5, 0.6) is 0 Å². The van der Waals surface area contributed by atoms with Crippen LogP contribution in [0, 0.1) is 11.7 Å². The van der Waals surface area contributed by atoms with Crippen LogP contribution in [0.15, 0.2) is 53.4 Å². The molecule has 1 N–H and O–H groups in total. The average Bonchev–Trinajstić information content (AvgIpc) is 2.73. The van der Waals surface area contributed by atoms with Gasteiger partial charge in [0.15, 0.2) is 0 Å². The number of nitrogens with zero attached hydrogens (tertiary/aromatic N) is 2. The number of hydrogen-bond acceptors (Lipinski definition) is 5. The number of amides is 1. The second-order valence-corrected chi connectivity index (χ2v) is 11.4. The quantitative estimate of drug-likeness (QED) is 0.699. The van der Waals surface area contributed by atoms with E-state index in [0.717, 1.165) is 22.7 Å². The molecular formula is C20H24FN3O5S2. The van der Waals surface area contributed by atoms with Gasteiger partial charge in [0.1, 0.15) is 5.82 Å². The Morgan fingerprint density at radius 2 is 1.81 bits per heavy atom. The molecule has 0 radical (unpaired) electrons. The fourth-order valence-electron chi connectivity index (χ4n) is 3.35. The first-order chi connectivity index (χ1) is 14.5. The summed E-state index contributed by atoms with van der Waals surface area (Å²) >= 11 is 0. The molecule has 0 spiro atoms. The lowest BCUT2D eigenvalue weighted by Crippen LogP contribution is -2.43. The number of piperidine rings is 1. The minimum absolute atomic E-state index is 0.00841. The highest BCUT2D eigenvalue weighted by Gasteiger charge is 2.33. The highest BCUT2D eigenvalue weighted by Crippen LogP contribution is 2.26. The largest absolute Gasteiger partial charge is 0.326 e. The summed E-state index contributed by atoms with van der Waals surface area (Å²) in [5.74, 6) is -1.45. The van der Waals surface area contributed by atoms with E-state index >= 15 is 0 Å².